The summed E-state index contributed by atoms with van der Waals surface area (Å²) in [5.41, 5.74) is -0.0447. The van der Waals surface area contributed by atoms with Gasteiger partial charge >= 0.3 is 6.18 Å². The molecule has 0 saturated carbocycles. The molecule has 1 N–H and O–H groups in total. The highest BCUT2D eigenvalue weighted by Gasteiger charge is 2.31. The number of carbonyl (C=O) groups excluding carboxylic acids is 1. The number of amides is 1. The molecule has 0 aliphatic heterocycles. The van der Waals surface area contributed by atoms with E-state index in [0.29, 0.717) is 24.4 Å². The zero-order valence-corrected chi connectivity index (χ0v) is 12.7. The van der Waals surface area contributed by atoms with Gasteiger partial charge in [-0.2, -0.15) is 13.2 Å². The number of benzene rings is 1. The van der Waals surface area contributed by atoms with Crippen molar-refractivity contribution in [3.8, 4) is 0 Å². The second-order valence-corrected chi connectivity index (χ2v) is 5.60. The molecule has 0 fully saturated rings. The Bertz CT molecular complexity index is 496. The number of nitrogens with zero attached hydrogens (tertiary/aromatic N) is 1. The van der Waals surface area contributed by atoms with Crippen LogP contribution >= 0.6 is 0 Å². The molecule has 0 bridgehead atoms. The Hall–Kier alpha value is -1.72. The minimum absolute atomic E-state index is 0.184. The maximum absolute atomic E-state index is 12.8. The Kier molecular flexibility index (Phi) is 5.63. The lowest BCUT2D eigenvalue weighted by molar-refractivity contribution is -0.137. The summed E-state index contributed by atoms with van der Waals surface area (Å²) in [4.78, 5) is 13.5. The predicted octanol–water partition coefficient (Wildman–Crippen LogP) is 4.15. The van der Waals surface area contributed by atoms with Gasteiger partial charge in [-0.1, -0.05) is 13.8 Å². The van der Waals surface area contributed by atoms with Crippen LogP contribution in [0.4, 0.5) is 24.5 Å². The van der Waals surface area contributed by atoms with Crippen LogP contribution in [0.1, 0.15) is 32.3 Å². The number of halogens is 3. The molecular weight excluding hydrogens is 281 g/mol. The highest BCUT2D eigenvalue weighted by Crippen LogP contribution is 2.35. The number of nitrogens with one attached hydrogen (secondary N) is 1. The number of hydrogen-bond acceptors (Lipinski definition) is 2. The molecule has 0 saturated heterocycles. The molecule has 0 aromatic heterocycles. The van der Waals surface area contributed by atoms with Crippen LogP contribution in [0.15, 0.2) is 18.2 Å². The molecule has 0 aliphatic rings. The molecule has 1 aromatic rings. The van der Waals surface area contributed by atoms with E-state index in [1.54, 1.807) is 19.0 Å². The van der Waals surface area contributed by atoms with Crippen LogP contribution in [-0.2, 0) is 11.0 Å². The van der Waals surface area contributed by atoms with Crippen molar-refractivity contribution in [2.75, 3.05) is 24.3 Å². The molecule has 0 atom stereocenters. The van der Waals surface area contributed by atoms with Crippen LogP contribution in [0.2, 0.25) is 0 Å². The van der Waals surface area contributed by atoms with Gasteiger partial charge in [-0.3, -0.25) is 4.79 Å². The van der Waals surface area contributed by atoms with E-state index in [1.165, 1.54) is 6.07 Å². The second kappa shape index (κ2) is 6.83. The van der Waals surface area contributed by atoms with Crippen LogP contribution in [0.25, 0.3) is 0 Å². The highest BCUT2D eigenvalue weighted by atomic mass is 19.4. The fraction of sp³-hybridized carbons (Fsp3) is 0.533. The molecule has 0 spiro atoms. The Labute approximate surface area is 123 Å². The van der Waals surface area contributed by atoms with Crippen LogP contribution in [0.5, 0.6) is 0 Å². The first-order chi connectivity index (χ1) is 9.61. The summed E-state index contributed by atoms with van der Waals surface area (Å²) in [5, 5.41) is 2.58. The zero-order chi connectivity index (χ0) is 16.2. The molecule has 3 nitrogen and oxygen atoms in total. The van der Waals surface area contributed by atoms with Crippen LogP contribution in [0.3, 0.4) is 0 Å². The average molecular weight is 302 g/mol. The van der Waals surface area contributed by atoms with E-state index in [4.69, 9.17) is 0 Å². The third-order valence-electron chi connectivity index (χ3n) is 3.03. The van der Waals surface area contributed by atoms with Crippen molar-refractivity contribution in [1.82, 2.24) is 0 Å². The van der Waals surface area contributed by atoms with Crippen molar-refractivity contribution in [3.63, 3.8) is 0 Å². The van der Waals surface area contributed by atoms with Gasteiger partial charge < -0.3 is 10.2 Å². The fourth-order valence-electron chi connectivity index (χ4n) is 1.83. The van der Waals surface area contributed by atoms with Gasteiger partial charge in [-0.15, -0.1) is 0 Å². The van der Waals surface area contributed by atoms with Crippen molar-refractivity contribution in [2.24, 2.45) is 5.92 Å². The summed E-state index contributed by atoms with van der Waals surface area (Å²) in [6, 6.07) is 3.35. The molecule has 0 heterocycles. The Morgan fingerprint density at radius 1 is 1.29 bits per heavy atom. The molecule has 0 aliphatic carbocycles. The Balaban J connectivity index is 2.99. The van der Waals surface area contributed by atoms with Crippen molar-refractivity contribution < 1.29 is 18.0 Å². The van der Waals surface area contributed by atoms with Crippen LogP contribution in [0, 0.1) is 5.92 Å². The molecule has 21 heavy (non-hydrogen) atoms. The maximum Gasteiger partial charge on any atom is 0.416 e. The number of alkyl halides is 3. The van der Waals surface area contributed by atoms with Gasteiger partial charge in [-0.25, -0.2) is 0 Å². The lowest BCUT2D eigenvalue weighted by Gasteiger charge is -2.20. The summed E-state index contributed by atoms with van der Waals surface area (Å²) in [5.74, 6) is 0.0942. The van der Waals surface area contributed by atoms with Gasteiger partial charge in [0.05, 0.1) is 16.9 Å². The van der Waals surface area contributed by atoms with Crippen molar-refractivity contribution in [2.45, 2.75) is 32.9 Å². The second-order valence-electron chi connectivity index (χ2n) is 5.60. The number of anilines is 2. The zero-order valence-electron chi connectivity index (χ0n) is 12.7. The first-order valence-corrected chi connectivity index (χ1v) is 6.79. The average Bonchev–Trinajstić information content (AvgIpc) is 2.34. The van der Waals surface area contributed by atoms with Gasteiger partial charge in [0.25, 0.3) is 0 Å². The van der Waals surface area contributed by atoms with Crippen LogP contribution < -0.4 is 10.2 Å². The van der Waals surface area contributed by atoms with Crippen LogP contribution in [-0.4, -0.2) is 20.0 Å². The normalized spacial score (nSPS) is 11.6. The maximum atomic E-state index is 12.8. The van der Waals surface area contributed by atoms with E-state index in [1.807, 2.05) is 13.8 Å². The summed E-state index contributed by atoms with van der Waals surface area (Å²) in [6.45, 7) is 3.98. The highest BCUT2D eigenvalue weighted by molar-refractivity contribution is 5.94. The lowest BCUT2D eigenvalue weighted by atomic mass is 10.1. The van der Waals surface area contributed by atoms with Gasteiger partial charge in [0, 0.05) is 20.5 Å². The third-order valence-corrected chi connectivity index (χ3v) is 3.03. The predicted molar refractivity (Wildman–Crippen MR) is 78.5 cm³/mol. The van der Waals surface area contributed by atoms with E-state index in [0.717, 1.165) is 12.1 Å². The monoisotopic (exact) mass is 302 g/mol. The first-order valence-electron chi connectivity index (χ1n) is 6.79. The number of hydrogen-bond donors (Lipinski definition) is 1. The topological polar surface area (TPSA) is 32.3 Å². The third kappa shape index (κ3) is 5.28. The molecule has 0 unspecified atom stereocenters. The Morgan fingerprint density at radius 3 is 2.38 bits per heavy atom. The van der Waals surface area contributed by atoms with Gasteiger partial charge in [0.15, 0.2) is 0 Å². The van der Waals surface area contributed by atoms with E-state index in [9.17, 15) is 18.0 Å². The Morgan fingerprint density at radius 2 is 1.90 bits per heavy atom. The molecule has 6 heteroatoms. The van der Waals surface area contributed by atoms with E-state index < -0.39 is 11.7 Å². The number of carbonyl (C=O) groups is 1. The smallest absolute Gasteiger partial charge is 0.376 e. The van der Waals surface area contributed by atoms with Crippen molar-refractivity contribution in [1.29, 1.82) is 0 Å². The standard InChI is InChI=1S/C15H21F3N2O/c1-10(2)5-8-14(21)19-12-9-11(15(16,17)18)6-7-13(12)20(3)4/h6-7,9-10H,5,8H2,1-4H3,(H,19,21). The molecule has 0 radical (unpaired) electrons. The van der Waals surface area contributed by atoms with Crippen molar-refractivity contribution >= 4 is 17.3 Å². The summed E-state index contributed by atoms with van der Waals surface area (Å²) in [6.07, 6.45) is -3.44. The molecule has 1 aromatic carbocycles. The van der Waals surface area contributed by atoms with Gasteiger partial charge in [0.2, 0.25) is 5.91 Å². The van der Waals surface area contributed by atoms with Gasteiger partial charge in [0.1, 0.15) is 0 Å². The fourth-order valence-corrected chi connectivity index (χ4v) is 1.83. The number of rotatable bonds is 5. The first kappa shape index (κ1) is 17.3. The summed E-state index contributed by atoms with van der Waals surface area (Å²) >= 11 is 0. The van der Waals surface area contributed by atoms with E-state index in [-0.39, 0.29) is 11.6 Å². The molecule has 118 valence electrons. The SMILES string of the molecule is CC(C)CCC(=O)Nc1cc(C(F)(F)F)ccc1N(C)C. The van der Waals surface area contributed by atoms with Crippen molar-refractivity contribution in [3.05, 3.63) is 23.8 Å². The minimum atomic E-state index is -4.43. The lowest BCUT2D eigenvalue weighted by Crippen LogP contribution is -2.18. The minimum Gasteiger partial charge on any atom is -0.376 e. The molecule has 1 rings (SSSR count). The van der Waals surface area contributed by atoms with E-state index in [2.05, 4.69) is 5.32 Å². The molecular formula is C15H21F3N2O. The largest absolute Gasteiger partial charge is 0.416 e. The summed E-state index contributed by atoms with van der Waals surface area (Å²) in [7, 11) is 3.43. The van der Waals surface area contributed by atoms with Gasteiger partial charge in [-0.05, 0) is 30.5 Å². The molecule has 1 amide bonds. The summed E-state index contributed by atoms with van der Waals surface area (Å²) < 4.78 is 38.3. The quantitative estimate of drug-likeness (QED) is 0.886. The van der Waals surface area contributed by atoms with E-state index >= 15 is 0 Å².